The van der Waals surface area contributed by atoms with Crippen molar-refractivity contribution < 1.29 is 8.42 Å². The Kier molecular flexibility index (Phi) is 4.88. The van der Waals surface area contributed by atoms with Gasteiger partial charge in [-0.05, 0) is 18.2 Å². The molecule has 1 fully saturated rings. The number of thioether (sulfide) groups is 1. The highest BCUT2D eigenvalue weighted by Crippen LogP contribution is 2.20. The van der Waals surface area contributed by atoms with Gasteiger partial charge in [-0.25, -0.2) is 8.42 Å². The minimum absolute atomic E-state index is 0.264. The van der Waals surface area contributed by atoms with E-state index in [0.717, 1.165) is 11.5 Å². The number of nitrogens with two attached hydrogens (primary N) is 1. The van der Waals surface area contributed by atoms with Gasteiger partial charge in [0.25, 0.3) is 0 Å². The zero-order valence-electron chi connectivity index (χ0n) is 10.5. The summed E-state index contributed by atoms with van der Waals surface area (Å²) in [5.74, 6) is 7.29. The zero-order valence-corrected chi connectivity index (χ0v) is 12.1. The van der Waals surface area contributed by atoms with E-state index in [1.54, 1.807) is 40.3 Å². The number of nitrogens with zero attached hydrogens (tertiary/aromatic N) is 1. The number of benzene rings is 1. The van der Waals surface area contributed by atoms with Crippen molar-refractivity contribution in [2.24, 2.45) is 5.73 Å². The third-order valence-electron chi connectivity index (χ3n) is 2.78. The highest BCUT2D eigenvalue weighted by atomic mass is 32.2. The lowest BCUT2D eigenvalue weighted by molar-refractivity contribution is 0.443. The normalized spacial score (nSPS) is 16.7. The maximum absolute atomic E-state index is 12.5. The first kappa shape index (κ1) is 14.4. The molecule has 0 aliphatic carbocycles. The van der Waals surface area contributed by atoms with Crippen LogP contribution in [0.15, 0.2) is 29.2 Å². The summed E-state index contributed by atoms with van der Waals surface area (Å²) in [4.78, 5) is 0.309. The summed E-state index contributed by atoms with van der Waals surface area (Å²) >= 11 is 1.78. The summed E-state index contributed by atoms with van der Waals surface area (Å²) in [6.07, 6.45) is 0. The summed E-state index contributed by atoms with van der Waals surface area (Å²) in [7, 11) is -3.39. The van der Waals surface area contributed by atoms with Crippen molar-refractivity contribution >= 4 is 21.8 Å². The molecule has 1 aliphatic heterocycles. The number of sulfonamides is 1. The second-order valence-electron chi connectivity index (χ2n) is 4.05. The molecule has 0 aromatic heterocycles. The standard InChI is InChI=1S/C13H16N2O2S2/c14-6-2-4-12-3-1-5-13(11-12)19(16,17)15-7-9-18-10-8-15/h1,3,5,11H,6-10,14H2. The van der Waals surface area contributed by atoms with Crippen molar-refractivity contribution in [3.63, 3.8) is 0 Å². The number of hydrogen-bond donors (Lipinski definition) is 1. The van der Waals surface area contributed by atoms with Crippen LogP contribution in [0, 0.1) is 11.8 Å². The monoisotopic (exact) mass is 296 g/mol. The first-order chi connectivity index (χ1) is 9.14. The van der Waals surface area contributed by atoms with Crippen LogP contribution in [0.25, 0.3) is 0 Å². The van der Waals surface area contributed by atoms with E-state index in [2.05, 4.69) is 11.8 Å². The quantitative estimate of drug-likeness (QED) is 0.818. The van der Waals surface area contributed by atoms with Crippen molar-refractivity contribution in [2.75, 3.05) is 31.1 Å². The van der Waals surface area contributed by atoms with E-state index in [1.165, 1.54) is 0 Å². The minimum atomic E-state index is -3.39. The molecule has 2 rings (SSSR count). The molecule has 0 radical (unpaired) electrons. The Morgan fingerprint density at radius 2 is 2.05 bits per heavy atom. The molecule has 4 nitrogen and oxygen atoms in total. The molecule has 102 valence electrons. The van der Waals surface area contributed by atoms with Crippen LogP contribution in [0.1, 0.15) is 5.56 Å². The lowest BCUT2D eigenvalue weighted by Crippen LogP contribution is -2.37. The third-order valence-corrected chi connectivity index (χ3v) is 5.61. The van der Waals surface area contributed by atoms with Crippen LogP contribution in [-0.2, 0) is 10.0 Å². The maximum Gasteiger partial charge on any atom is 0.243 e. The largest absolute Gasteiger partial charge is 0.320 e. The van der Waals surface area contributed by atoms with Crippen molar-refractivity contribution in [2.45, 2.75) is 4.90 Å². The predicted molar refractivity (Wildman–Crippen MR) is 78.5 cm³/mol. The van der Waals surface area contributed by atoms with Crippen molar-refractivity contribution in [3.8, 4) is 11.8 Å². The van der Waals surface area contributed by atoms with Crippen LogP contribution in [0.4, 0.5) is 0 Å². The Hall–Kier alpha value is -1.00. The van der Waals surface area contributed by atoms with Gasteiger partial charge in [0.1, 0.15) is 0 Å². The molecule has 0 unspecified atom stereocenters. The highest BCUT2D eigenvalue weighted by molar-refractivity contribution is 7.99. The third kappa shape index (κ3) is 3.51. The molecule has 1 aromatic carbocycles. The fourth-order valence-electron chi connectivity index (χ4n) is 1.82. The van der Waals surface area contributed by atoms with Gasteiger partial charge in [0.05, 0.1) is 11.4 Å². The van der Waals surface area contributed by atoms with E-state index in [9.17, 15) is 8.42 Å². The van der Waals surface area contributed by atoms with Crippen molar-refractivity contribution in [1.29, 1.82) is 0 Å². The number of rotatable bonds is 2. The molecule has 1 heterocycles. The Bertz CT molecular complexity index is 597. The summed E-state index contributed by atoms with van der Waals surface area (Å²) in [5, 5.41) is 0. The van der Waals surface area contributed by atoms with E-state index in [-0.39, 0.29) is 6.54 Å². The Labute approximate surface area is 118 Å². The van der Waals surface area contributed by atoms with Crippen LogP contribution in [0.5, 0.6) is 0 Å². The summed E-state index contributed by atoms with van der Waals surface area (Å²) in [5.41, 5.74) is 5.99. The van der Waals surface area contributed by atoms with Crippen LogP contribution < -0.4 is 5.73 Å². The van der Waals surface area contributed by atoms with E-state index in [4.69, 9.17) is 5.73 Å². The number of hydrogen-bond acceptors (Lipinski definition) is 4. The molecule has 1 saturated heterocycles. The van der Waals surface area contributed by atoms with Gasteiger partial charge >= 0.3 is 0 Å². The molecule has 0 spiro atoms. The van der Waals surface area contributed by atoms with E-state index in [0.29, 0.717) is 23.5 Å². The average Bonchev–Trinajstić information content (AvgIpc) is 2.46. The van der Waals surface area contributed by atoms with Gasteiger partial charge in [-0.2, -0.15) is 16.1 Å². The second kappa shape index (κ2) is 6.44. The molecule has 6 heteroatoms. The molecule has 0 bridgehead atoms. The van der Waals surface area contributed by atoms with Gasteiger partial charge in [-0.1, -0.05) is 17.9 Å². The van der Waals surface area contributed by atoms with E-state index < -0.39 is 10.0 Å². The molecule has 2 N–H and O–H groups in total. The predicted octanol–water partition coefficient (Wildman–Crippen LogP) is 0.734. The molecule has 1 aliphatic rings. The average molecular weight is 296 g/mol. The SMILES string of the molecule is NCC#Cc1cccc(S(=O)(=O)N2CCSCC2)c1. The van der Waals surface area contributed by atoms with E-state index >= 15 is 0 Å². The fraction of sp³-hybridized carbons (Fsp3) is 0.385. The van der Waals surface area contributed by atoms with Crippen molar-refractivity contribution in [3.05, 3.63) is 29.8 Å². The topological polar surface area (TPSA) is 63.4 Å². The van der Waals surface area contributed by atoms with Gasteiger partial charge in [-0.3, -0.25) is 0 Å². The molecule has 0 atom stereocenters. The van der Waals surface area contributed by atoms with Crippen molar-refractivity contribution in [1.82, 2.24) is 4.31 Å². The molecule has 1 aromatic rings. The van der Waals surface area contributed by atoms with Crippen LogP contribution >= 0.6 is 11.8 Å². The van der Waals surface area contributed by atoms with Crippen LogP contribution in [0.3, 0.4) is 0 Å². The Morgan fingerprint density at radius 3 is 2.74 bits per heavy atom. The van der Waals surface area contributed by atoms with Crippen LogP contribution in [0.2, 0.25) is 0 Å². The first-order valence-corrected chi connectivity index (χ1v) is 8.61. The highest BCUT2D eigenvalue weighted by Gasteiger charge is 2.25. The zero-order chi connectivity index (χ0) is 13.7. The summed E-state index contributed by atoms with van der Waals surface area (Å²) in [6.45, 7) is 1.41. The minimum Gasteiger partial charge on any atom is -0.320 e. The van der Waals surface area contributed by atoms with Gasteiger partial charge in [0.15, 0.2) is 0 Å². The molecule has 0 saturated carbocycles. The maximum atomic E-state index is 12.5. The molecule has 19 heavy (non-hydrogen) atoms. The smallest absolute Gasteiger partial charge is 0.243 e. The Morgan fingerprint density at radius 1 is 1.32 bits per heavy atom. The van der Waals surface area contributed by atoms with Gasteiger partial charge in [0.2, 0.25) is 10.0 Å². The molecular formula is C13H16N2O2S2. The van der Waals surface area contributed by atoms with Gasteiger partial charge in [-0.15, -0.1) is 0 Å². The summed E-state index contributed by atoms with van der Waals surface area (Å²) < 4.78 is 26.5. The fourth-order valence-corrected chi connectivity index (χ4v) is 4.45. The Balaban J connectivity index is 2.29. The van der Waals surface area contributed by atoms with E-state index in [1.807, 2.05) is 0 Å². The summed E-state index contributed by atoms with van der Waals surface area (Å²) in [6, 6.07) is 6.73. The molecule has 0 amide bonds. The first-order valence-electron chi connectivity index (χ1n) is 6.01. The van der Waals surface area contributed by atoms with Crippen LogP contribution in [-0.4, -0.2) is 43.9 Å². The second-order valence-corrected chi connectivity index (χ2v) is 7.21. The lowest BCUT2D eigenvalue weighted by Gasteiger charge is -2.25. The lowest BCUT2D eigenvalue weighted by atomic mass is 10.2. The van der Waals surface area contributed by atoms with Gasteiger partial charge in [0, 0.05) is 30.2 Å². The molecular weight excluding hydrogens is 280 g/mol. The van der Waals surface area contributed by atoms with Gasteiger partial charge < -0.3 is 5.73 Å².